The van der Waals surface area contributed by atoms with Gasteiger partial charge in [0.05, 0.1) is 6.61 Å². The predicted octanol–water partition coefficient (Wildman–Crippen LogP) is 2.55. The van der Waals surface area contributed by atoms with Crippen LogP contribution < -0.4 is 5.32 Å². The molecule has 7 heteroatoms. The van der Waals surface area contributed by atoms with Crippen molar-refractivity contribution in [2.75, 3.05) is 13.2 Å². The lowest BCUT2D eigenvalue weighted by Crippen LogP contribution is -2.43. The maximum absolute atomic E-state index is 12.0. The molecule has 1 heterocycles. The van der Waals surface area contributed by atoms with E-state index in [1.54, 1.807) is 17.0 Å². The molecule has 0 saturated heterocycles. The summed E-state index contributed by atoms with van der Waals surface area (Å²) in [6.07, 6.45) is 0. The van der Waals surface area contributed by atoms with E-state index in [-0.39, 0.29) is 17.5 Å². The molecule has 0 aliphatic rings. The second kappa shape index (κ2) is 8.07. The van der Waals surface area contributed by atoms with Crippen LogP contribution in [0.15, 0.2) is 51.6 Å². The average molecular weight is 383 g/mol. The van der Waals surface area contributed by atoms with Gasteiger partial charge in [-0.3, -0.25) is 10.1 Å². The first-order valence-electron chi connectivity index (χ1n) is 6.60. The highest BCUT2D eigenvalue weighted by molar-refractivity contribution is 9.10. The van der Waals surface area contributed by atoms with Gasteiger partial charge in [0.2, 0.25) is 0 Å². The van der Waals surface area contributed by atoms with Gasteiger partial charge in [0.25, 0.3) is 5.91 Å². The lowest BCUT2D eigenvalue weighted by molar-refractivity contribution is 0.0943. The Balaban J connectivity index is 2.01. The molecule has 0 saturated carbocycles. The monoisotopic (exact) mass is 382 g/mol. The molecular formula is C15H15BrN2O3S. The SMILES string of the molecule is O=C(NC(=S)N(CCO)Cc1ccccc1)c1ccc(Br)o1. The molecule has 116 valence electrons. The van der Waals surface area contributed by atoms with Crippen LogP contribution in [0.4, 0.5) is 0 Å². The highest BCUT2D eigenvalue weighted by atomic mass is 79.9. The molecule has 0 unspecified atom stereocenters. The molecule has 1 amide bonds. The molecule has 0 fully saturated rings. The largest absolute Gasteiger partial charge is 0.444 e. The van der Waals surface area contributed by atoms with Gasteiger partial charge in [0, 0.05) is 13.1 Å². The Morgan fingerprint density at radius 3 is 2.59 bits per heavy atom. The molecule has 0 radical (unpaired) electrons. The maximum Gasteiger partial charge on any atom is 0.293 e. The van der Waals surface area contributed by atoms with Crippen molar-refractivity contribution in [1.82, 2.24) is 10.2 Å². The molecule has 1 aromatic heterocycles. The van der Waals surface area contributed by atoms with E-state index in [1.807, 2.05) is 30.3 Å². The van der Waals surface area contributed by atoms with E-state index in [9.17, 15) is 9.90 Å². The minimum Gasteiger partial charge on any atom is -0.444 e. The minimum absolute atomic E-state index is 0.0604. The number of halogens is 1. The summed E-state index contributed by atoms with van der Waals surface area (Å²) in [5.74, 6) is -0.260. The summed E-state index contributed by atoms with van der Waals surface area (Å²) < 4.78 is 5.65. The molecule has 0 aliphatic carbocycles. The maximum atomic E-state index is 12.0. The number of amides is 1. The van der Waals surface area contributed by atoms with E-state index in [4.69, 9.17) is 16.6 Å². The third-order valence-electron chi connectivity index (χ3n) is 2.89. The van der Waals surface area contributed by atoms with Crippen LogP contribution in [0.3, 0.4) is 0 Å². The summed E-state index contributed by atoms with van der Waals surface area (Å²) in [6, 6.07) is 12.9. The van der Waals surface area contributed by atoms with Gasteiger partial charge < -0.3 is 14.4 Å². The summed E-state index contributed by atoms with van der Waals surface area (Å²) >= 11 is 8.39. The van der Waals surface area contributed by atoms with Crippen molar-refractivity contribution >= 4 is 39.2 Å². The normalized spacial score (nSPS) is 10.3. The zero-order chi connectivity index (χ0) is 15.9. The lowest BCUT2D eigenvalue weighted by atomic mass is 10.2. The van der Waals surface area contributed by atoms with E-state index >= 15 is 0 Å². The van der Waals surface area contributed by atoms with Crippen LogP contribution in [0, 0.1) is 0 Å². The van der Waals surface area contributed by atoms with Gasteiger partial charge in [-0.15, -0.1) is 0 Å². The number of aliphatic hydroxyl groups excluding tert-OH is 1. The molecule has 5 nitrogen and oxygen atoms in total. The van der Waals surface area contributed by atoms with Crippen molar-refractivity contribution < 1.29 is 14.3 Å². The first-order chi connectivity index (χ1) is 10.6. The fraction of sp³-hybridized carbons (Fsp3) is 0.200. The van der Waals surface area contributed by atoms with Crippen LogP contribution in [-0.2, 0) is 6.54 Å². The first-order valence-corrected chi connectivity index (χ1v) is 7.80. The van der Waals surface area contributed by atoms with Crippen molar-refractivity contribution in [2.24, 2.45) is 0 Å². The minimum atomic E-state index is -0.424. The van der Waals surface area contributed by atoms with E-state index in [0.29, 0.717) is 17.8 Å². The van der Waals surface area contributed by atoms with Crippen LogP contribution in [0.5, 0.6) is 0 Å². The number of thiocarbonyl (C=S) groups is 1. The molecular weight excluding hydrogens is 368 g/mol. The van der Waals surface area contributed by atoms with Gasteiger partial charge in [-0.1, -0.05) is 30.3 Å². The summed E-state index contributed by atoms with van der Waals surface area (Å²) in [6.45, 7) is 0.771. The quantitative estimate of drug-likeness (QED) is 0.777. The predicted molar refractivity (Wildman–Crippen MR) is 90.4 cm³/mol. The fourth-order valence-electron chi connectivity index (χ4n) is 1.85. The summed E-state index contributed by atoms with van der Waals surface area (Å²) in [7, 11) is 0. The van der Waals surface area contributed by atoms with Gasteiger partial charge in [0.1, 0.15) is 0 Å². The number of furan rings is 1. The Morgan fingerprint density at radius 2 is 2.00 bits per heavy atom. The molecule has 0 spiro atoms. The molecule has 2 rings (SSSR count). The van der Waals surface area contributed by atoms with Crippen molar-refractivity contribution in [3.63, 3.8) is 0 Å². The Hall–Kier alpha value is -1.70. The Kier molecular flexibility index (Phi) is 6.11. The number of carbonyl (C=O) groups excluding carboxylic acids is 1. The van der Waals surface area contributed by atoms with Crippen LogP contribution in [-0.4, -0.2) is 34.2 Å². The summed E-state index contributed by atoms with van der Waals surface area (Å²) in [4.78, 5) is 13.7. The number of rotatable bonds is 5. The zero-order valence-corrected chi connectivity index (χ0v) is 14.1. The second-order valence-electron chi connectivity index (χ2n) is 4.49. The third-order valence-corrected chi connectivity index (χ3v) is 3.68. The van der Waals surface area contributed by atoms with Crippen molar-refractivity contribution in [3.05, 3.63) is 58.5 Å². The zero-order valence-electron chi connectivity index (χ0n) is 11.7. The number of aliphatic hydroxyl groups is 1. The molecule has 1 aromatic carbocycles. The van der Waals surface area contributed by atoms with Gasteiger partial charge in [-0.25, -0.2) is 0 Å². The van der Waals surface area contributed by atoms with E-state index < -0.39 is 5.91 Å². The van der Waals surface area contributed by atoms with Crippen LogP contribution in [0.1, 0.15) is 16.1 Å². The van der Waals surface area contributed by atoms with Gasteiger partial charge >= 0.3 is 0 Å². The molecule has 2 N–H and O–H groups in total. The third kappa shape index (κ3) is 4.66. The molecule has 22 heavy (non-hydrogen) atoms. The molecule has 0 atom stereocenters. The first kappa shape index (κ1) is 16.7. The van der Waals surface area contributed by atoms with Gasteiger partial charge in [-0.05, 0) is 45.8 Å². The number of hydrogen-bond donors (Lipinski definition) is 2. The number of carbonyl (C=O) groups is 1. The second-order valence-corrected chi connectivity index (χ2v) is 5.66. The van der Waals surface area contributed by atoms with Crippen LogP contribution in [0.25, 0.3) is 0 Å². The topological polar surface area (TPSA) is 65.7 Å². The van der Waals surface area contributed by atoms with E-state index in [2.05, 4.69) is 21.2 Å². The van der Waals surface area contributed by atoms with Gasteiger partial charge in [-0.2, -0.15) is 0 Å². The van der Waals surface area contributed by atoms with E-state index in [1.165, 1.54) is 0 Å². The van der Waals surface area contributed by atoms with Crippen LogP contribution >= 0.6 is 28.1 Å². The average Bonchev–Trinajstić information content (AvgIpc) is 2.94. The van der Waals surface area contributed by atoms with Crippen molar-refractivity contribution in [3.8, 4) is 0 Å². The Morgan fingerprint density at radius 1 is 1.27 bits per heavy atom. The van der Waals surface area contributed by atoms with E-state index in [0.717, 1.165) is 5.56 Å². The summed E-state index contributed by atoms with van der Waals surface area (Å²) in [5.41, 5.74) is 1.04. The highest BCUT2D eigenvalue weighted by Gasteiger charge is 2.16. The number of nitrogens with zero attached hydrogens (tertiary/aromatic N) is 1. The molecule has 0 bridgehead atoms. The number of hydrogen-bond acceptors (Lipinski definition) is 4. The fourth-order valence-corrected chi connectivity index (χ4v) is 2.41. The highest BCUT2D eigenvalue weighted by Crippen LogP contribution is 2.14. The molecule has 0 aliphatic heterocycles. The lowest BCUT2D eigenvalue weighted by Gasteiger charge is -2.24. The van der Waals surface area contributed by atoms with Crippen molar-refractivity contribution in [1.29, 1.82) is 0 Å². The number of benzene rings is 1. The summed E-state index contributed by atoms with van der Waals surface area (Å²) in [5, 5.41) is 12.0. The van der Waals surface area contributed by atoms with Crippen molar-refractivity contribution in [2.45, 2.75) is 6.54 Å². The standard InChI is InChI=1S/C15H15BrN2O3S/c16-13-7-6-12(21-13)14(20)17-15(22)18(8-9-19)10-11-4-2-1-3-5-11/h1-7,19H,8-10H2,(H,17,20,22). The molecule has 2 aromatic rings. The Bertz CT molecular complexity index is 645. The van der Waals surface area contributed by atoms with Gasteiger partial charge in [0.15, 0.2) is 15.5 Å². The van der Waals surface area contributed by atoms with Crippen LogP contribution in [0.2, 0.25) is 0 Å². The Labute approximate surface area is 142 Å². The smallest absolute Gasteiger partial charge is 0.293 e. The number of nitrogens with one attached hydrogen (secondary N) is 1.